The molecule has 0 radical (unpaired) electrons. The predicted molar refractivity (Wildman–Crippen MR) is 84.2 cm³/mol. The molecule has 0 saturated carbocycles. The Morgan fingerprint density at radius 3 is 2.23 bits per heavy atom. The fourth-order valence-electron chi connectivity index (χ4n) is 1.94. The molecule has 1 N–H and O–H groups in total. The van der Waals surface area contributed by atoms with Gasteiger partial charge < -0.3 is 10.1 Å². The molecule has 0 bridgehead atoms. The molecule has 0 unspecified atom stereocenters. The van der Waals surface area contributed by atoms with E-state index in [1.54, 1.807) is 24.3 Å². The van der Waals surface area contributed by atoms with Crippen LogP contribution in [0.3, 0.4) is 0 Å². The SMILES string of the molecule is O=C(CCCOC(=O)c1ccccc1)NCc1ccccc1. The number of hydrogen-bond acceptors (Lipinski definition) is 3. The summed E-state index contributed by atoms with van der Waals surface area (Å²) in [6, 6.07) is 18.5. The van der Waals surface area contributed by atoms with E-state index in [0.717, 1.165) is 5.56 Å². The van der Waals surface area contributed by atoms with Crippen molar-refractivity contribution in [2.45, 2.75) is 19.4 Å². The maximum atomic E-state index is 11.7. The lowest BCUT2D eigenvalue weighted by Gasteiger charge is -2.06. The summed E-state index contributed by atoms with van der Waals surface area (Å²) in [5.41, 5.74) is 1.59. The Balaban J connectivity index is 1.60. The van der Waals surface area contributed by atoms with Crippen LogP contribution < -0.4 is 5.32 Å². The molecule has 0 saturated heterocycles. The molecule has 4 heteroatoms. The monoisotopic (exact) mass is 297 g/mol. The zero-order valence-electron chi connectivity index (χ0n) is 12.3. The third kappa shape index (κ3) is 5.40. The van der Waals surface area contributed by atoms with E-state index in [0.29, 0.717) is 24.9 Å². The number of esters is 1. The van der Waals surface area contributed by atoms with Crippen LogP contribution >= 0.6 is 0 Å². The van der Waals surface area contributed by atoms with Crippen molar-refractivity contribution < 1.29 is 14.3 Å². The second kappa shape index (κ2) is 8.62. The minimum Gasteiger partial charge on any atom is -0.462 e. The minimum atomic E-state index is -0.356. The van der Waals surface area contributed by atoms with Crippen LogP contribution in [0.2, 0.25) is 0 Å². The molecule has 0 aliphatic rings. The van der Waals surface area contributed by atoms with Crippen LogP contribution in [0.15, 0.2) is 60.7 Å². The van der Waals surface area contributed by atoms with E-state index in [1.807, 2.05) is 36.4 Å². The van der Waals surface area contributed by atoms with Gasteiger partial charge in [-0.3, -0.25) is 4.79 Å². The largest absolute Gasteiger partial charge is 0.462 e. The molecule has 0 heterocycles. The fraction of sp³-hybridized carbons (Fsp3) is 0.222. The summed E-state index contributed by atoms with van der Waals surface area (Å²) in [7, 11) is 0. The Kier molecular flexibility index (Phi) is 6.18. The average molecular weight is 297 g/mol. The Morgan fingerprint density at radius 1 is 0.909 bits per heavy atom. The van der Waals surface area contributed by atoms with E-state index in [1.165, 1.54) is 0 Å². The van der Waals surface area contributed by atoms with Crippen molar-refractivity contribution in [3.8, 4) is 0 Å². The fourth-order valence-corrected chi connectivity index (χ4v) is 1.94. The highest BCUT2D eigenvalue weighted by atomic mass is 16.5. The molecule has 2 rings (SSSR count). The maximum Gasteiger partial charge on any atom is 0.338 e. The predicted octanol–water partition coefficient (Wildman–Crippen LogP) is 2.94. The second-order valence-corrected chi connectivity index (χ2v) is 4.87. The Bertz CT molecular complexity index is 596. The molecule has 0 aliphatic carbocycles. The molecule has 0 fully saturated rings. The standard InChI is InChI=1S/C18H19NO3/c20-17(19-14-15-8-3-1-4-9-15)12-7-13-22-18(21)16-10-5-2-6-11-16/h1-6,8-11H,7,12-14H2,(H,19,20). The zero-order chi connectivity index (χ0) is 15.6. The third-order valence-electron chi connectivity index (χ3n) is 3.12. The van der Waals surface area contributed by atoms with Crippen LogP contribution in [0.25, 0.3) is 0 Å². The molecule has 4 nitrogen and oxygen atoms in total. The van der Waals surface area contributed by atoms with Crippen molar-refractivity contribution in [3.63, 3.8) is 0 Å². The minimum absolute atomic E-state index is 0.0420. The molecule has 0 atom stereocenters. The number of ether oxygens (including phenoxy) is 1. The lowest BCUT2D eigenvalue weighted by Crippen LogP contribution is -2.22. The molecular formula is C18H19NO3. The van der Waals surface area contributed by atoms with Crippen LogP contribution in [-0.4, -0.2) is 18.5 Å². The van der Waals surface area contributed by atoms with Crippen molar-refractivity contribution in [2.75, 3.05) is 6.61 Å². The van der Waals surface area contributed by atoms with E-state index in [4.69, 9.17) is 4.74 Å². The summed E-state index contributed by atoms with van der Waals surface area (Å²) in [6.45, 7) is 0.760. The number of nitrogens with one attached hydrogen (secondary N) is 1. The molecular weight excluding hydrogens is 278 g/mol. The maximum absolute atomic E-state index is 11.7. The summed E-state index contributed by atoms with van der Waals surface area (Å²) in [5.74, 6) is -0.398. The number of carbonyl (C=O) groups is 2. The molecule has 2 aromatic rings. The van der Waals surface area contributed by atoms with Crippen LogP contribution in [0.5, 0.6) is 0 Å². The number of benzene rings is 2. The molecule has 22 heavy (non-hydrogen) atoms. The van der Waals surface area contributed by atoms with Crippen LogP contribution in [0, 0.1) is 0 Å². The van der Waals surface area contributed by atoms with Gasteiger partial charge in [-0.15, -0.1) is 0 Å². The third-order valence-corrected chi connectivity index (χ3v) is 3.12. The van der Waals surface area contributed by atoms with Gasteiger partial charge in [-0.2, -0.15) is 0 Å². The summed E-state index contributed by atoms with van der Waals surface area (Å²) >= 11 is 0. The number of hydrogen-bond donors (Lipinski definition) is 1. The molecule has 0 aliphatic heterocycles. The first-order valence-electron chi connectivity index (χ1n) is 7.28. The van der Waals surface area contributed by atoms with E-state index >= 15 is 0 Å². The average Bonchev–Trinajstić information content (AvgIpc) is 2.58. The van der Waals surface area contributed by atoms with Crippen molar-refractivity contribution in [1.82, 2.24) is 5.32 Å². The number of carbonyl (C=O) groups excluding carboxylic acids is 2. The van der Waals surface area contributed by atoms with E-state index in [9.17, 15) is 9.59 Å². The van der Waals surface area contributed by atoms with E-state index in [-0.39, 0.29) is 18.5 Å². The van der Waals surface area contributed by atoms with Crippen molar-refractivity contribution in [1.29, 1.82) is 0 Å². The first-order valence-corrected chi connectivity index (χ1v) is 7.28. The number of rotatable bonds is 7. The highest BCUT2D eigenvalue weighted by molar-refractivity contribution is 5.89. The highest BCUT2D eigenvalue weighted by Gasteiger charge is 2.06. The summed E-state index contributed by atoms with van der Waals surface area (Å²) in [5, 5.41) is 2.84. The Labute approximate surface area is 130 Å². The van der Waals surface area contributed by atoms with Gasteiger partial charge >= 0.3 is 5.97 Å². The normalized spacial score (nSPS) is 10.0. The molecule has 0 spiro atoms. The van der Waals surface area contributed by atoms with Crippen LogP contribution in [0.1, 0.15) is 28.8 Å². The molecule has 1 amide bonds. The van der Waals surface area contributed by atoms with Gasteiger partial charge in [-0.05, 0) is 24.1 Å². The smallest absolute Gasteiger partial charge is 0.338 e. The summed E-state index contributed by atoms with van der Waals surface area (Å²) < 4.78 is 5.12. The first-order chi connectivity index (χ1) is 10.8. The number of amides is 1. The lowest BCUT2D eigenvalue weighted by molar-refractivity contribution is -0.121. The van der Waals surface area contributed by atoms with Gasteiger partial charge in [0.05, 0.1) is 12.2 Å². The second-order valence-electron chi connectivity index (χ2n) is 4.87. The van der Waals surface area contributed by atoms with Gasteiger partial charge in [0, 0.05) is 13.0 Å². The van der Waals surface area contributed by atoms with Crippen molar-refractivity contribution in [3.05, 3.63) is 71.8 Å². The van der Waals surface area contributed by atoms with E-state index < -0.39 is 0 Å². The first kappa shape index (κ1) is 15.8. The van der Waals surface area contributed by atoms with Gasteiger partial charge in [-0.25, -0.2) is 4.79 Å². The van der Waals surface area contributed by atoms with Crippen LogP contribution in [0.4, 0.5) is 0 Å². The van der Waals surface area contributed by atoms with Gasteiger partial charge in [-0.1, -0.05) is 48.5 Å². The zero-order valence-corrected chi connectivity index (χ0v) is 12.3. The quantitative estimate of drug-likeness (QED) is 0.631. The van der Waals surface area contributed by atoms with Gasteiger partial charge in [0.1, 0.15) is 0 Å². The van der Waals surface area contributed by atoms with Gasteiger partial charge in [0.25, 0.3) is 0 Å². The molecule has 0 aromatic heterocycles. The topological polar surface area (TPSA) is 55.4 Å². The van der Waals surface area contributed by atoms with Gasteiger partial charge in [0.2, 0.25) is 5.91 Å². The Morgan fingerprint density at radius 2 is 1.55 bits per heavy atom. The van der Waals surface area contributed by atoms with Crippen LogP contribution in [-0.2, 0) is 16.1 Å². The lowest BCUT2D eigenvalue weighted by atomic mass is 10.2. The van der Waals surface area contributed by atoms with Crippen molar-refractivity contribution in [2.24, 2.45) is 0 Å². The molecule has 2 aromatic carbocycles. The van der Waals surface area contributed by atoms with E-state index in [2.05, 4.69) is 5.32 Å². The van der Waals surface area contributed by atoms with Gasteiger partial charge in [0.15, 0.2) is 0 Å². The summed E-state index contributed by atoms with van der Waals surface area (Å²) in [6.07, 6.45) is 0.855. The highest BCUT2D eigenvalue weighted by Crippen LogP contribution is 2.02. The summed E-state index contributed by atoms with van der Waals surface area (Å²) in [4.78, 5) is 23.4. The molecule has 114 valence electrons. The van der Waals surface area contributed by atoms with Crippen molar-refractivity contribution >= 4 is 11.9 Å². The Hall–Kier alpha value is -2.62.